The van der Waals surface area contributed by atoms with Crippen LogP contribution >= 0.6 is 0 Å². The van der Waals surface area contributed by atoms with Gasteiger partial charge in [-0.2, -0.15) is 5.10 Å². The molecule has 2 aromatic rings. The van der Waals surface area contributed by atoms with Crippen LogP contribution in [0.4, 0.5) is 0 Å². The Kier molecular flexibility index (Phi) is 6.70. The highest BCUT2D eigenvalue weighted by molar-refractivity contribution is 5.76. The Bertz CT molecular complexity index is 888. The number of carbonyl (C=O) groups excluding carboxylic acids is 1. The minimum atomic E-state index is -0.0454. The second-order valence-corrected chi connectivity index (χ2v) is 9.00. The number of piperidine rings is 1. The van der Waals surface area contributed by atoms with E-state index >= 15 is 0 Å². The number of benzene rings is 1. The number of hydrogen-bond acceptors (Lipinski definition) is 3. The SMILES string of the molecule is Cn1nc(C2CCN(C(=O)CCC3CCCC3)CC2)n(CCc2ccccc2)c1=O. The summed E-state index contributed by atoms with van der Waals surface area (Å²) in [6.07, 6.45) is 9.61. The fraction of sp³-hybridized carbons (Fsp3) is 0.625. The van der Waals surface area contributed by atoms with Crippen LogP contribution in [0.15, 0.2) is 35.1 Å². The molecule has 1 aromatic heterocycles. The van der Waals surface area contributed by atoms with Crippen LogP contribution < -0.4 is 5.69 Å². The van der Waals surface area contributed by atoms with E-state index in [0.717, 1.165) is 50.5 Å². The number of rotatable bonds is 7. The van der Waals surface area contributed by atoms with E-state index in [4.69, 9.17) is 0 Å². The second kappa shape index (κ2) is 9.63. The van der Waals surface area contributed by atoms with Gasteiger partial charge in [0.15, 0.2) is 0 Å². The fourth-order valence-electron chi connectivity index (χ4n) is 5.09. The van der Waals surface area contributed by atoms with Gasteiger partial charge >= 0.3 is 5.69 Å². The molecule has 6 nitrogen and oxygen atoms in total. The monoisotopic (exact) mass is 410 g/mol. The number of carbonyl (C=O) groups is 1. The Labute approximate surface area is 178 Å². The van der Waals surface area contributed by atoms with Crippen molar-refractivity contribution in [1.29, 1.82) is 0 Å². The van der Waals surface area contributed by atoms with Gasteiger partial charge in [0.1, 0.15) is 5.82 Å². The third-order valence-corrected chi connectivity index (χ3v) is 6.96. The standard InChI is InChI=1S/C24H34N4O2/c1-26-24(30)28(18-13-20-7-3-2-4-8-20)23(25-26)21-14-16-27(17-15-21)22(29)12-11-19-9-5-6-10-19/h2-4,7-8,19,21H,5-6,9-18H2,1H3. The van der Waals surface area contributed by atoms with Crippen molar-refractivity contribution in [3.05, 3.63) is 52.2 Å². The molecule has 30 heavy (non-hydrogen) atoms. The lowest BCUT2D eigenvalue weighted by Crippen LogP contribution is -2.38. The Morgan fingerprint density at radius 1 is 1.07 bits per heavy atom. The molecule has 0 bridgehead atoms. The molecule has 2 aliphatic rings. The van der Waals surface area contributed by atoms with Crippen molar-refractivity contribution in [3.8, 4) is 0 Å². The summed E-state index contributed by atoms with van der Waals surface area (Å²) in [6, 6.07) is 10.3. The van der Waals surface area contributed by atoms with Crippen LogP contribution in [-0.4, -0.2) is 38.2 Å². The number of aryl methyl sites for hydroxylation is 2. The highest BCUT2D eigenvalue weighted by Crippen LogP contribution is 2.30. The summed E-state index contributed by atoms with van der Waals surface area (Å²) >= 11 is 0. The summed E-state index contributed by atoms with van der Waals surface area (Å²) in [5, 5.41) is 4.57. The maximum absolute atomic E-state index is 12.6. The zero-order valence-corrected chi connectivity index (χ0v) is 18.1. The molecule has 1 aliphatic heterocycles. The fourth-order valence-corrected chi connectivity index (χ4v) is 5.09. The van der Waals surface area contributed by atoms with Gasteiger partial charge in [-0.3, -0.25) is 9.36 Å². The first kappa shape index (κ1) is 20.9. The molecule has 0 spiro atoms. The molecule has 0 N–H and O–H groups in total. The molecule has 2 heterocycles. The van der Waals surface area contributed by atoms with E-state index in [1.807, 2.05) is 27.7 Å². The summed E-state index contributed by atoms with van der Waals surface area (Å²) < 4.78 is 3.30. The van der Waals surface area contributed by atoms with Gasteiger partial charge in [-0.15, -0.1) is 0 Å². The molecule has 6 heteroatoms. The molecule has 1 amide bonds. The molecule has 1 saturated heterocycles. The van der Waals surface area contributed by atoms with Gasteiger partial charge in [-0.25, -0.2) is 9.48 Å². The number of amides is 1. The van der Waals surface area contributed by atoms with Gasteiger partial charge in [-0.1, -0.05) is 56.0 Å². The van der Waals surface area contributed by atoms with E-state index < -0.39 is 0 Å². The largest absolute Gasteiger partial charge is 0.345 e. The maximum Gasteiger partial charge on any atom is 0.345 e. The highest BCUT2D eigenvalue weighted by atomic mass is 16.2. The number of likely N-dealkylation sites (tertiary alicyclic amines) is 1. The lowest BCUT2D eigenvalue weighted by atomic mass is 9.95. The van der Waals surface area contributed by atoms with Crippen LogP contribution in [0.3, 0.4) is 0 Å². The Hall–Kier alpha value is -2.37. The topological polar surface area (TPSA) is 60.1 Å². The van der Waals surface area contributed by atoms with Crippen molar-refractivity contribution >= 4 is 5.91 Å². The molecular formula is C24H34N4O2. The van der Waals surface area contributed by atoms with E-state index in [-0.39, 0.29) is 11.6 Å². The van der Waals surface area contributed by atoms with Gasteiger partial charge in [0, 0.05) is 39.0 Å². The van der Waals surface area contributed by atoms with E-state index in [9.17, 15) is 9.59 Å². The summed E-state index contributed by atoms with van der Waals surface area (Å²) in [6.45, 7) is 2.20. The average molecular weight is 411 g/mol. The minimum absolute atomic E-state index is 0.0454. The van der Waals surface area contributed by atoms with Crippen molar-refractivity contribution in [1.82, 2.24) is 19.2 Å². The molecule has 0 unspecified atom stereocenters. The smallest absolute Gasteiger partial charge is 0.343 e. The molecule has 2 fully saturated rings. The van der Waals surface area contributed by atoms with Crippen molar-refractivity contribution in [2.24, 2.45) is 13.0 Å². The number of aromatic nitrogens is 3. The third kappa shape index (κ3) is 4.85. The van der Waals surface area contributed by atoms with Gasteiger partial charge in [0.2, 0.25) is 5.91 Å². The van der Waals surface area contributed by atoms with Crippen molar-refractivity contribution in [3.63, 3.8) is 0 Å². The molecule has 0 atom stereocenters. The van der Waals surface area contributed by atoms with E-state index in [0.29, 0.717) is 18.9 Å². The maximum atomic E-state index is 12.6. The number of nitrogens with zero attached hydrogens (tertiary/aromatic N) is 4. The lowest BCUT2D eigenvalue weighted by molar-refractivity contribution is -0.132. The summed E-state index contributed by atoms with van der Waals surface area (Å²) in [4.78, 5) is 27.3. The summed E-state index contributed by atoms with van der Waals surface area (Å²) in [7, 11) is 1.73. The normalized spacial score (nSPS) is 18.2. The van der Waals surface area contributed by atoms with Crippen molar-refractivity contribution < 1.29 is 4.79 Å². The number of hydrogen-bond donors (Lipinski definition) is 0. The van der Waals surface area contributed by atoms with Crippen LogP contribution in [0, 0.1) is 5.92 Å². The average Bonchev–Trinajstić information content (AvgIpc) is 3.40. The molecule has 162 valence electrons. The quantitative estimate of drug-likeness (QED) is 0.702. The zero-order valence-electron chi connectivity index (χ0n) is 18.1. The van der Waals surface area contributed by atoms with Crippen LogP contribution in [0.5, 0.6) is 0 Å². The van der Waals surface area contributed by atoms with Gasteiger partial charge in [-0.05, 0) is 37.2 Å². The van der Waals surface area contributed by atoms with Crippen LogP contribution in [0.2, 0.25) is 0 Å². The predicted octanol–water partition coefficient (Wildman–Crippen LogP) is 3.50. The van der Waals surface area contributed by atoms with E-state index in [2.05, 4.69) is 17.2 Å². The van der Waals surface area contributed by atoms with Crippen LogP contribution in [0.25, 0.3) is 0 Å². The van der Waals surface area contributed by atoms with Crippen molar-refractivity contribution in [2.45, 2.75) is 70.3 Å². The van der Waals surface area contributed by atoms with E-state index in [1.165, 1.54) is 35.9 Å². The Morgan fingerprint density at radius 2 is 1.77 bits per heavy atom. The predicted molar refractivity (Wildman–Crippen MR) is 117 cm³/mol. The molecule has 1 saturated carbocycles. The summed E-state index contributed by atoms with van der Waals surface area (Å²) in [5.74, 6) is 2.20. The third-order valence-electron chi connectivity index (χ3n) is 6.96. The molecule has 1 aliphatic carbocycles. The van der Waals surface area contributed by atoms with Crippen LogP contribution in [0.1, 0.15) is 68.7 Å². The molecule has 1 aromatic carbocycles. The second-order valence-electron chi connectivity index (χ2n) is 9.00. The van der Waals surface area contributed by atoms with Crippen molar-refractivity contribution in [2.75, 3.05) is 13.1 Å². The molecule has 4 rings (SSSR count). The van der Waals surface area contributed by atoms with Gasteiger partial charge in [0.05, 0.1) is 0 Å². The highest BCUT2D eigenvalue weighted by Gasteiger charge is 2.28. The van der Waals surface area contributed by atoms with Gasteiger partial charge in [0.25, 0.3) is 0 Å². The molecule has 0 radical (unpaired) electrons. The van der Waals surface area contributed by atoms with Crippen LogP contribution in [-0.2, 0) is 24.8 Å². The van der Waals surface area contributed by atoms with E-state index in [1.54, 1.807) is 7.05 Å². The Balaban J connectivity index is 1.34. The molecular weight excluding hydrogens is 376 g/mol. The summed E-state index contributed by atoms with van der Waals surface area (Å²) in [5.41, 5.74) is 1.18. The van der Waals surface area contributed by atoms with Gasteiger partial charge < -0.3 is 4.90 Å². The first-order valence-corrected chi connectivity index (χ1v) is 11.6. The minimum Gasteiger partial charge on any atom is -0.343 e. The lowest BCUT2D eigenvalue weighted by Gasteiger charge is -2.32. The Morgan fingerprint density at radius 3 is 2.47 bits per heavy atom. The first-order valence-electron chi connectivity index (χ1n) is 11.6. The zero-order chi connectivity index (χ0) is 20.9. The first-order chi connectivity index (χ1) is 14.6.